The number of nitrogens with zero attached hydrogens (tertiary/aromatic N) is 1. The van der Waals surface area contributed by atoms with Gasteiger partial charge in [-0.25, -0.2) is 9.79 Å². The normalized spacial score (nSPS) is 14.1. The first-order valence-electron chi connectivity index (χ1n) is 9.32. The smallest absolute Gasteiger partial charge is 0.363 e. The summed E-state index contributed by atoms with van der Waals surface area (Å²) in [7, 11) is 0. The lowest BCUT2D eigenvalue weighted by Gasteiger charge is -2.12. The molecule has 1 amide bonds. The molecule has 0 spiro atoms. The Hall–Kier alpha value is -3.65. The van der Waals surface area contributed by atoms with Gasteiger partial charge in [0.2, 0.25) is 11.8 Å². The number of carbonyl (C=O) groups excluding carboxylic acids is 3. The summed E-state index contributed by atoms with van der Waals surface area (Å²) >= 11 is 6.24. The van der Waals surface area contributed by atoms with Crippen molar-refractivity contribution in [3.63, 3.8) is 0 Å². The van der Waals surface area contributed by atoms with Gasteiger partial charge in [0, 0.05) is 25.1 Å². The molecule has 1 heterocycles. The predicted molar refractivity (Wildman–Crippen MR) is 115 cm³/mol. The Morgan fingerprint density at radius 3 is 2.52 bits per heavy atom. The summed E-state index contributed by atoms with van der Waals surface area (Å²) in [6.45, 7) is 4.77. The Balaban J connectivity index is 1.90. The molecule has 0 fully saturated rings. The van der Waals surface area contributed by atoms with Gasteiger partial charge in [-0.05, 0) is 55.0 Å². The van der Waals surface area contributed by atoms with Gasteiger partial charge in [0.1, 0.15) is 0 Å². The fourth-order valence-electron chi connectivity index (χ4n) is 2.77. The van der Waals surface area contributed by atoms with E-state index in [4.69, 9.17) is 25.8 Å². The molecule has 1 aliphatic heterocycles. The van der Waals surface area contributed by atoms with Crippen LogP contribution in [0.1, 0.15) is 31.9 Å². The van der Waals surface area contributed by atoms with Crippen molar-refractivity contribution in [3.05, 3.63) is 58.2 Å². The van der Waals surface area contributed by atoms with Crippen LogP contribution in [0.2, 0.25) is 5.02 Å². The average Bonchev–Trinajstić information content (AvgIpc) is 3.05. The van der Waals surface area contributed by atoms with Crippen LogP contribution in [0.5, 0.6) is 11.5 Å². The minimum Gasteiger partial charge on any atom is -0.490 e. The Kier molecular flexibility index (Phi) is 6.71. The zero-order chi connectivity index (χ0) is 22.5. The van der Waals surface area contributed by atoms with Crippen molar-refractivity contribution < 1.29 is 28.6 Å². The van der Waals surface area contributed by atoms with E-state index in [1.54, 1.807) is 37.3 Å². The standard InChI is InChI=1S/C22H19ClN2O6/c1-4-29-19-11-14(9-17(23)20(19)30-13(3)27)10-18-22(28)31-21(25-18)15-5-7-16(8-6-15)24-12(2)26/h5-11H,4H2,1-3H3,(H,24,26)/b18-10+. The zero-order valence-corrected chi connectivity index (χ0v) is 17.8. The van der Waals surface area contributed by atoms with Crippen molar-refractivity contribution in [2.45, 2.75) is 20.8 Å². The number of anilines is 1. The van der Waals surface area contributed by atoms with Crippen LogP contribution in [0.15, 0.2) is 47.1 Å². The number of ether oxygens (including phenoxy) is 3. The summed E-state index contributed by atoms with van der Waals surface area (Å²) in [6, 6.07) is 9.83. The highest BCUT2D eigenvalue weighted by molar-refractivity contribution is 6.32. The maximum Gasteiger partial charge on any atom is 0.363 e. The molecule has 0 atom stereocenters. The molecule has 2 aromatic rings. The SMILES string of the molecule is CCOc1cc(/C=C2/N=C(c3ccc(NC(C)=O)cc3)OC2=O)cc(Cl)c1OC(C)=O. The predicted octanol–water partition coefficient (Wildman–Crippen LogP) is 3.97. The monoisotopic (exact) mass is 442 g/mol. The first-order valence-corrected chi connectivity index (χ1v) is 9.70. The molecular weight excluding hydrogens is 424 g/mol. The van der Waals surface area contributed by atoms with Crippen molar-refractivity contribution in [2.75, 3.05) is 11.9 Å². The number of esters is 2. The van der Waals surface area contributed by atoms with Crippen LogP contribution in [-0.2, 0) is 19.1 Å². The number of benzene rings is 2. The summed E-state index contributed by atoms with van der Waals surface area (Å²) in [6.07, 6.45) is 1.49. The number of aliphatic imine (C=N–C) groups is 1. The molecule has 9 heteroatoms. The van der Waals surface area contributed by atoms with Crippen molar-refractivity contribution in [2.24, 2.45) is 4.99 Å². The number of carbonyl (C=O) groups is 3. The first kappa shape index (κ1) is 22.0. The van der Waals surface area contributed by atoms with Gasteiger partial charge in [0.15, 0.2) is 17.2 Å². The quantitative estimate of drug-likeness (QED) is 0.412. The maximum absolute atomic E-state index is 12.3. The third-order valence-electron chi connectivity index (χ3n) is 3.95. The van der Waals surface area contributed by atoms with Crippen molar-refractivity contribution in [1.82, 2.24) is 0 Å². The van der Waals surface area contributed by atoms with Gasteiger partial charge in [-0.3, -0.25) is 9.59 Å². The second kappa shape index (κ2) is 9.44. The Morgan fingerprint density at radius 2 is 1.90 bits per heavy atom. The molecule has 1 aliphatic rings. The second-order valence-corrected chi connectivity index (χ2v) is 6.86. The van der Waals surface area contributed by atoms with Crippen LogP contribution in [0.3, 0.4) is 0 Å². The molecule has 2 aromatic carbocycles. The molecule has 8 nitrogen and oxygen atoms in total. The van der Waals surface area contributed by atoms with E-state index in [2.05, 4.69) is 10.3 Å². The fourth-order valence-corrected chi connectivity index (χ4v) is 3.02. The molecule has 0 aliphatic carbocycles. The van der Waals surface area contributed by atoms with Crippen molar-refractivity contribution in [1.29, 1.82) is 0 Å². The lowest BCUT2D eigenvalue weighted by atomic mass is 10.1. The fraction of sp³-hybridized carbons (Fsp3) is 0.182. The molecule has 0 radical (unpaired) electrons. The van der Waals surface area contributed by atoms with E-state index >= 15 is 0 Å². The number of nitrogens with one attached hydrogen (secondary N) is 1. The van der Waals surface area contributed by atoms with Crippen molar-refractivity contribution >= 4 is 47.1 Å². The highest BCUT2D eigenvalue weighted by atomic mass is 35.5. The van der Waals surface area contributed by atoms with E-state index in [0.717, 1.165) is 0 Å². The molecule has 0 aromatic heterocycles. The minimum absolute atomic E-state index is 0.0692. The number of hydrogen-bond donors (Lipinski definition) is 1. The van der Waals surface area contributed by atoms with Crippen LogP contribution in [0, 0.1) is 0 Å². The summed E-state index contributed by atoms with van der Waals surface area (Å²) in [5.74, 6) is -0.839. The molecule has 160 valence electrons. The van der Waals surface area contributed by atoms with Gasteiger partial charge < -0.3 is 19.5 Å². The van der Waals surface area contributed by atoms with Gasteiger partial charge >= 0.3 is 11.9 Å². The van der Waals surface area contributed by atoms with E-state index in [-0.39, 0.29) is 34.0 Å². The highest BCUT2D eigenvalue weighted by Gasteiger charge is 2.24. The Morgan fingerprint density at radius 1 is 1.19 bits per heavy atom. The summed E-state index contributed by atoms with van der Waals surface area (Å²) in [5, 5.41) is 2.81. The minimum atomic E-state index is -0.626. The van der Waals surface area contributed by atoms with E-state index in [0.29, 0.717) is 23.4 Å². The molecule has 3 rings (SSSR count). The average molecular weight is 443 g/mol. The highest BCUT2D eigenvalue weighted by Crippen LogP contribution is 2.37. The maximum atomic E-state index is 12.3. The second-order valence-electron chi connectivity index (χ2n) is 6.45. The van der Waals surface area contributed by atoms with Crippen LogP contribution >= 0.6 is 11.6 Å². The van der Waals surface area contributed by atoms with E-state index in [9.17, 15) is 14.4 Å². The number of hydrogen-bond acceptors (Lipinski definition) is 7. The number of halogens is 1. The van der Waals surface area contributed by atoms with Crippen LogP contribution in [0.4, 0.5) is 5.69 Å². The number of rotatable bonds is 6. The number of amides is 1. The lowest BCUT2D eigenvalue weighted by molar-refractivity contribution is -0.132. The largest absolute Gasteiger partial charge is 0.490 e. The Bertz CT molecular complexity index is 1110. The summed E-state index contributed by atoms with van der Waals surface area (Å²) < 4.78 is 15.9. The first-order chi connectivity index (χ1) is 14.8. The van der Waals surface area contributed by atoms with Gasteiger partial charge in [-0.15, -0.1) is 0 Å². The summed E-state index contributed by atoms with van der Waals surface area (Å²) in [5.41, 5.74) is 1.77. The third-order valence-corrected chi connectivity index (χ3v) is 4.23. The third kappa shape index (κ3) is 5.49. The van der Waals surface area contributed by atoms with Crippen LogP contribution in [0.25, 0.3) is 6.08 Å². The molecule has 31 heavy (non-hydrogen) atoms. The molecule has 0 bridgehead atoms. The Labute approximate surface area is 183 Å². The summed E-state index contributed by atoms with van der Waals surface area (Å²) in [4.78, 5) is 39.0. The van der Waals surface area contributed by atoms with Gasteiger partial charge in [-0.1, -0.05) is 11.6 Å². The van der Waals surface area contributed by atoms with Gasteiger partial charge in [-0.2, -0.15) is 0 Å². The van der Waals surface area contributed by atoms with Gasteiger partial charge in [0.05, 0.1) is 11.6 Å². The van der Waals surface area contributed by atoms with E-state index < -0.39 is 11.9 Å². The van der Waals surface area contributed by atoms with Crippen LogP contribution in [-0.4, -0.2) is 30.4 Å². The van der Waals surface area contributed by atoms with E-state index in [1.807, 2.05) is 0 Å². The van der Waals surface area contributed by atoms with Crippen molar-refractivity contribution in [3.8, 4) is 11.5 Å². The molecule has 1 N–H and O–H groups in total. The van der Waals surface area contributed by atoms with Crippen LogP contribution < -0.4 is 14.8 Å². The topological polar surface area (TPSA) is 103 Å². The lowest BCUT2D eigenvalue weighted by Crippen LogP contribution is -2.07. The zero-order valence-electron chi connectivity index (χ0n) is 17.0. The van der Waals surface area contributed by atoms with Gasteiger partial charge in [0.25, 0.3) is 0 Å². The molecular formula is C22H19ClN2O6. The number of cyclic esters (lactones) is 1. The molecule has 0 unspecified atom stereocenters. The van der Waals surface area contributed by atoms with E-state index in [1.165, 1.54) is 26.0 Å². The molecule has 0 saturated carbocycles. The molecule has 0 saturated heterocycles.